The molecular formula is C12H12F6O2. The average Bonchev–Trinajstić information content (AvgIpc) is 2.32. The van der Waals surface area contributed by atoms with Crippen LogP contribution in [0, 0.1) is 0 Å². The summed E-state index contributed by atoms with van der Waals surface area (Å²) >= 11 is 0. The van der Waals surface area contributed by atoms with Gasteiger partial charge in [-0.2, -0.15) is 26.3 Å². The fourth-order valence-electron chi connectivity index (χ4n) is 1.48. The van der Waals surface area contributed by atoms with Gasteiger partial charge in [0.25, 0.3) is 0 Å². The van der Waals surface area contributed by atoms with E-state index >= 15 is 0 Å². The first kappa shape index (κ1) is 16.6. The molecule has 0 saturated carbocycles. The second kappa shape index (κ2) is 6.34. The molecule has 0 aliphatic heterocycles. The highest BCUT2D eigenvalue weighted by molar-refractivity contribution is 5.39. The number of hydrogen-bond acceptors (Lipinski definition) is 2. The minimum atomic E-state index is -4.70. The Morgan fingerprint density at radius 3 is 2.20 bits per heavy atom. The van der Waals surface area contributed by atoms with E-state index in [0.717, 1.165) is 6.07 Å². The van der Waals surface area contributed by atoms with Gasteiger partial charge in [0.2, 0.25) is 0 Å². The second-order valence-corrected chi connectivity index (χ2v) is 4.05. The number of rotatable bonds is 5. The molecule has 0 radical (unpaired) electrons. The Morgan fingerprint density at radius 1 is 1.05 bits per heavy atom. The summed E-state index contributed by atoms with van der Waals surface area (Å²) in [4.78, 5) is 0. The first-order valence-electron chi connectivity index (χ1n) is 5.64. The summed E-state index contributed by atoms with van der Waals surface area (Å²) < 4.78 is 78.6. The third-order valence-corrected chi connectivity index (χ3v) is 2.39. The van der Waals surface area contributed by atoms with Crippen molar-refractivity contribution in [1.29, 1.82) is 0 Å². The van der Waals surface area contributed by atoms with E-state index in [1.165, 1.54) is 6.07 Å². The van der Waals surface area contributed by atoms with E-state index < -0.39 is 49.7 Å². The fourth-order valence-corrected chi connectivity index (χ4v) is 1.48. The van der Waals surface area contributed by atoms with Gasteiger partial charge in [-0.25, -0.2) is 0 Å². The number of benzene rings is 1. The number of aliphatic hydroxyl groups is 1. The molecule has 0 aromatic heterocycles. The van der Waals surface area contributed by atoms with Gasteiger partial charge < -0.3 is 9.84 Å². The fraction of sp³-hybridized carbons (Fsp3) is 0.500. The summed E-state index contributed by atoms with van der Waals surface area (Å²) in [5.41, 5.74) is -1.07. The van der Waals surface area contributed by atoms with Crippen LogP contribution in [-0.4, -0.2) is 17.9 Å². The van der Waals surface area contributed by atoms with Crippen LogP contribution in [0.1, 0.15) is 24.0 Å². The molecule has 0 aliphatic carbocycles. The highest BCUT2D eigenvalue weighted by Crippen LogP contribution is 2.37. The molecule has 1 aromatic carbocycles. The molecule has 114 valence electrons. The molecule has 0 spiro atoms. The first-order valence-corrected chi connectivity index (χ1v) is 5.64. The van der Waals surface area contributed by atoms with Crippen molar-refractivity contribution in [3.63, 3.8) is 0 Å². The average molecular weight is 302 g/mol. The number of halogens is 6. The van der Waals surface area contributed by atoms with Crippen molar-refractivity contribution < 1.29 is 36.2 Å². The lowest BCUT2D eigenvalue weighted by Crippen LogP contribution is -2.12. The Bertz CT molecular complexity index is 439. The molecule has 0 saturated heterocycles. The van der Waals surface area contributed by atoms with Gasteiger partial charge in [-0.05, 0) is 24.1 Å². The number of alkyl halides is 6. The molecular weight excluding hydrogens is 290 g/mol. The van der Waals surface area contributed by atoms with Crippen LogP contribution in [0.25, 0.3) is 0 Å². The number of hydrogen-bond donors (Lipinski definition) is 1. The van der Waals surface area contributed by atoms with Gasteiger partial charge in [0.05, 0.1) is 18.8 Å². The van der Waals surface area contributed by atoms with E-state index in [9.17, 15) is 26.3 Å². The lowest BCUT2D eigenvalue weighted by molar-refractivity contribution is -0.141. The van der Waals surface area contributed by atoms with Crippen molar-refractivity contribution in [1.82, 2.24) is 0 Å². The van der Waals surface area contributed by atoms with Crippen molar-refractivity contribution >= 4 is 0 Å². The van der Waals surface area contributed by atoms with E-state index in [-0.39, 0.29) is 5.56 Å². The van der Waals surface area contributed by atoms with E-state index in [2.05, 4.69) is 0 Å². The topological polar surface area (TPSA) is 29.5 Å². The molecule has 0 amide bonds. The molecule has 20 heavy (non-hydrogen) atoms. The summed E-state index contributed by atoms with van der Waals surface area (Å²) in [7, 11) is 0. The van der Waals surface area contributed by atoms with Crippen molar-refractivity contribution in [2.24, 2.45) is 0 Å². The van der Waals surface area contributed by atoms with Crippen LogP contribution in [0.5, 0.6) is 5.75 Å². The van der Waals surface area contributed by atoms with Gasteiger partial charge >= 0.3 is 12.4 Å². The van der Waals surface area contributed by atoms with E-state index in [4.69, 9.17) is 9.84 Å². The Balaban J connectivity index is 2.74. The lowest BCUT2D eigenvalue weighted by Gasteiger charge is -2.15. The zero-order chi connectivity index (χ0) is 15.4. The SMILES string of the molecule is OCc1ccc(OCCCC(F)(F)F)c(C(F)(F)F)c1. The van der Waals surface area contributed by atoms with Crippen molar-refractivity contribution in [2.75, 3.05) is 6.61 Å². The van der Waals surface area contributed by atoms with Crippen LogP contribution in [0.4, 0.5) is 26.3 Å². The molecule has 0 bridgehead atoms. The monoisotopic (exact) mass is 302 g/mol. The molecule has 0 unspecified atom stereocenters. The Morgan fingerprint density at radius 2 is 1.70 bits per heavy atom. The van der Waals surface area contributed by atoms with E-state index in [1.54, 1.807) is 0 Å². The van der Waals surface area contributed by atoms with Crippen LogP contribution in [0.15, 0.2) is 18.2 Å². The van der Waals surface area contributed by atoms with Crippen molar-refractivity contribution in [2.45, 2.75) is 31.8 Å². The van der Waals surface area contributed by atoms with Crippen LogP contribution in [0.3, 0.4) is 0 Å². The zero-order valence-electron chi connectivity index (χ0n) is 10.2. The maximum absolute atomic E-state index is 12.7. The summed E-state index contributed by atoms with van der Waals surface area (Å²) in [6, 6.07) is 2.91. The van der Waals surface area contributed by atoms with Gasteiger partial charge in [-0.3, -0.25) is 0 Å². The first-order chi connectivity index (χ1) is 9.13. The maximum Gasteiger partial charge on any atom is 0.419 e. The van der Waals surface area contributed by atoms with E-state index in [1.807, 2.05) is 0 Å². The summed E-state index contributed by atoms with van der Waals surface area (Å²) in [6.07, 6.45) is -10.6. The zero-order valence-corrected chi connectivity index (χ0v) is 10.2. The molecule has 1 rings (SSSR count). The van der Waals surface area contributed by atoms with Crippen LogP contribution in [-0.2, 0) is 12.8 Å². The van der Waals surface area contributed by atoms with Crippen LogP contribution < -0.4 is 4.74 Å². The molecule has 1 N–H and O–H groups in total. The summed E-state index contributed by atoms with van der Waals surface area (Å²) in [5.74, 6) is -0.545. The van der Waals surface area contributed by atoms with Crippen LogP contribution >= 0.6 is 0 Å². The number of aliphatic hydroxyl groups excluding tert-OH is 1. The Hall–Kier alpha value is -1.44. The highest BCUT2D eigenvalue weighted by Gasteiger charge is 2.34. The normalized spacial score (nSPS) is 12.6. The Kier molecular flexibility index (Phi) is 5.27. The van der Waals surface area contributed by atoms with Gasteiger partial charge in [0.1, 0.15) is 5.75 Å². The standard InChI is InChI=1S/C12H12F6O2/c13-11(14,15)4-1-5-20-10-3-2-8(7-19)6-9(10)12(16,17)18/h2-3,6,19H,1,4-5,7H2. The predicted octanol–water partition coefficient (Wildman–Crippen LogP) is 3.92. The third-order valence-electron chi connectivity index (χ3n) is 2.39. The maximum atomic E-state index is 12.7. The lowest BCUT2D eigenvalue weighted by atomic mass is 10.1. The molecule has 1 aromatic rings. The quantitative estimate of drug-likeness (QED) is 0.660. The molecule has 0 aliphatic rings. The summed E-state index contributed by atoms with van der Waals surface area (Å²) in [6.45, 7) is -1.04. The smallest absolute Gasteiger partial charge is 0.419 e. The second-order valence-electron chi connectivity index (χ2n) is 4.05. The highest BCUT2D eigenvalue weighted by atomic mass is 19.4. The van der Waals surface area contributed by atoms with Gasteiger partial charge in [0, 0.05) is 6.42 Å². The predicted molar refractivity (Wildman–Crippen MR) is 58.2 cm³/mol. The van der Waals surface area contributed by atoms with Crippen molar-refractivity contribution in [3.05, 3.63) is 29.3 Å². The minimum Gasteiger partial charge on any atom is -0.493 e. The molecule has 8 heteroatoms. The third kappa shape index (κ3) is 5.28. The minimum absolute atomic E-state index is 0.0416. The van der Waals surface area contributed by atoms with Gasteiger partial charge in [-0.1, -0.05) is 6.07 Å². The molecule has 0 heterocycles. The van der Waals surface area contributed by atoms with Gasteiger partial charge in [0.15, 0.2) is 0 Å². The van der Waals surface area contributed by atoms with Crippen LogP contribution in [0.2, 0.25) is 0 Å². The molecule has 0 atom stereocenters. The Labute approximate surface area is 111 Å². The number of ether oxygens (including phenoxy) is 1. The summed E-state index contributed by atoms with van der Waals surface area (Å²) in [5, 5.41) is 8.79. The molecule has 2 nitrogen and oxygen atoms in total. The van der Waals surface area contributed by atoms with Crippen molar-refractivity contribution in [3.8, 4) is 5.75 Å². The molecule has 0 fully saturated rings. The van der Waals surface area contributed by atoms with Gasteiger partial charge in [-0.15, -0.1) is 0 Å². The van der Waals surface area contributed by atoms with E-state index in [0.29, 0.717) is 6.07 Å². The largest absolute Gasteiger partial charge is 0.493 e.